The third kappa shape index (κ3) is 4.83. The Morgan fingerprint density at radius 1 is 1.13 bits per heavy atom. The summed E-state index contributed by atoms with van der Waals surface area (Å²) in [4.78, 5) is 20.5. The van der Waals surface area contributed by atoms with Crippen LogP contribution in [0.4, 0.5) is 0 Å². The highest BCUT2D eigenvalue weighted by Crippen LogP contribution is 2.32. The molecule has 2 rings (SSSR count). The third-order valence-electron chi connectivity index (χ3n) is 4.64. The van der Waals surface area contributed by atoms with Gasteiger partial charge in [0.2, 0.25) is 0 Å². The Kier molecular flexibility index (Phi) is 5.55. The molecule has 23 heavy (non-hydrogen) atoms. The number of rotatable bonds is 5. The summed E-state index contributed by atoms with van der Waals surface area (Å²) in [6.07, 6.45) is 6.72. The summed E-state index contributed by atoms with van der Waals surface area (Å²) in [5.41, 5.74) is 0. The Bertz CT molecular complexity index is 628. The lowest BCUT2D eigenvalue weighted by molar-refractivity contribution is -0.123. The standard InChI is InChI=1S/C17H26N2O3S/c1-17(2,3)23(21,22)12-13-5-7-14(8-6-13)15(20)11-16-18-9-4-10-19-16/h4,9-10,13-14H,5-8,11-12H2,1-3H3. The lowest BCUT2D eigenvalue weighted by Gasteiger charge is -2.29. The Hall–Kier alpha value is -1.30. The highest BCUT2D eigenvalue weighted by Gasteiger charge is 2.34. The fourth-order valence-electron chi connectivity index (χ4n) is 2.93. The van der Waals surface area contributed by atoms with Crippen molar-refractivity contribution in [3.8, 4) is 0 Å². The highest BCUT2D eigenvalue weighted by atomic mass is 32.2. The molecule has 0 amide bonds. The van der Waals surface area contributed by atoms with E-state index in [1.54, 1.807) is 39.2 Å². The minimum Gasteiger partial charge on any atom is -0.299 e. The molecule has 1 aliphatic rings. The van der Waals surface area contributed by atoms with Gasteiger partial charge in [-0.15, -0.1) is 0 Å². The summed E-state index contributed by atoms with van der Waals surface area (Å²) in [5, 5.41) is 0. The molecule has 128 valence electrons. The number of carbonyl (C=O) groups is 1. The molecule has 0 atom stereocenters. The number of aromatic nitrogens is 2. The van der Waals surface area contributed by atoms with E-state index in [9.17, 15) is 13.2 Å². The average Bonchev–Trinajstić information content (AvgIpc) is 2.47. The van der Waals surface area contributed by atoms with Crippen molar-refractivity contribution in [2.75, 3.05) is 5.75 Å². The number of sulfone groups is 1. The van der Waals surface area contributed by atoms with E-state index in [-0.39, 0.29) is 29.8 Å². The molecule has 1 heterocycles. The highest BCUT2D eigenvalue weighted by molar-refractivity contribution is 7.92. The van der Waals surface area contributed by atoms with Gasteiger partial charge in [0, 0.05) is 18.3 Å². The summed E-state index contributed by atoms with van der Waals surface area (Å²) >= 11 is 0. The molecule has 1 aromatic rings. The molecule has 0 spiro atoms. The van der Waals surface area contributed by atoms with Crippen molar-refractivity contribution in [1.82, 2.24) is 9.97 Å². The van der Waals surface area contributed by atoms with Gasteiger partial charge in [-0.25, -0.2) is 18.4 Å². The van der Waals surface area contributed by atoms with Gasteiger partial charge in [0.25, 0.3) is 0 Å². The minimum absolute atomic E-state index is 0.0207. The lowest BCUT2D eigenvalue weighted by atomic mass is 9.80. The van der Waals surface area contributed by atoms with E-state index >= 15 is 0 Å². The molecule has 6 heteroatoms. The lowest BCUT2D eigenvalue weighted by Crippen LogP contribution is -2.35. The number of hydrogen-bond donors (Lipinski definition) is 0. The van der Waals surface area contributed by atoms with Gasteiger partial charge in [-0.3, -0.25) is 4.79 Å². The maximum atomic E-state index is 12.3. The van der Waals surface area contributed by atoms with Crippen LogP contribution in [-0.2, 0) is 21.1 Å². The van der Waals surface area contributed by atoms with Gasteiger partial charge in [-0.2, -0.15) is 0 Å². The van der Waals surface area contributed by atoms with E-state index in [0.717, 1.165) is 25.7 Å². The summed E-state index contributed by atoms with van der Waals surface area (Å²) < 4.78 is 23.9. The second-order valence-electron chi connectivity index (χ2n) is 7.42. The normalized spacial score (nSPS) is 22.7. The monoisotopic (exact) mass is 338 g/mol. The molecule has 0 saturated heterocycles. The third-order valence-corrected chi connectivity index (χ3v) is 7.42. The van der Waals surface area contributed by atoms with Crippen LogP contribution >= 0.6 is 0 Å². The molecule has 1 fully saturated rings. The maximum Gasteiger partial charge on any atom is 0.155 e. The van der Waals surface area contributed by atoms with Crippen LogP contribution in [0.15, 0.2) is 18.5 Å². The quantitative estimate of drug-likeness (QED) is 0.825. The number of ketones is 1. The zero-order valence-electron chi connectivity index (χ0n) is 14.2. The molecule has 0 bridgehead atoms. The van der Waals surface area contributed by atoms with Crippen LogP contribution in [0.2, 0.25) is 0 Å². The van der Waals surface area contributed by atoms with Crippen molar-refractivity contribution in [1.29, 1.82) is 0 Å². The molecule has 0 unspecified atom stereocenters. The van der Waals surface area contributed by atoms with Gasteiger partial charge < -0.3 is 0 Å². The van der Waals surface area contributed by atoms with Crippen molar-refractivity contribution in [3.63, 3.8) is 0 Å². The smallest absolute Gasteiger partial charge is 0.155 e. The Morgan fingerprint density at radius 3 is 2.22 bits per heavy atom. The van der Waals surface area contributed by atoms with Gasteiger partial charge in [0.05, 0.1) is 16.9 Å². The molecular formula is C17H26N2O3S. The molecule has 5 nitrogen and oxygen atoms in total. The molecule has 1 aromatic heterocycles. The predicted octanol–water partition coefficient (Wildman–Crippen LogP) is 2.61. The summed E-state index contributed by atoms with van der Waals surface area (Å²) in [6.45, 7) is 5.24. The zero-order chi connectivity index (χ0) is 17.1. The largest absolute Gasteiger partial charge is 0.299 e. The summed E-state index contributed by atoms with van der Waals surface area (Å²) in [7, 11) is -3.09. The SMILES string of the molecule is CC(C)(C)S(=O)(=O)CC1CCC(C(=O)Cc2ncccn2)CC1. The van der Waals surface area contributed by atoms with Crippen LogP contribution in [0.1, 0.15) is 52.3 Å². The molecule has 1 saturated carbocycles. The number of Topliss-reactive ketones (excluding diaryl/α,β-unsaturated/α-hetero) is 1. The summed E-state index contributed by atoms with van der Waals surface area (Å²) in [5.74, 6) is 1.17. The molecule has 1 aliphatic carbocycles. The van der Waals surface area contributed by atoms with Gasteiger partial charge >= 0.3 is 0 Å². The number of carbonyl (C=O) groups excluding carboxylic acids is 1. The van der Waals surface area contributed by atoms with Crippen LogP contribution in [0.5, 0.6) is 0 Å². The molecule has 0 aromatic carbocycles. The van der Waals surface area contributed by atoms with E-state index in [1.165, 1.54) is 0 Å². The van der Waals surface area contributed by atoms with Crippen LogP contribution < -0.4 is 0 Å². The van der Waals surface area contributed by atoms with E-state index in [4.69, 9.17) is 0 Å². The topological polar surface area (TPSA) is 77.0 Å². The average molecular weight is 338 g/mol. The first-order valence-electron chi connectivity index (χ1n) is 8.20. The molecule has 0 radical (unpaired) electrons. The molecular weight excluding hydrogens is 312 g/mol. The van der Waals surface area contributed by atoms with E-state index in [1.807, 2.05) is 0 Å². The fraction of sp³-hybridized carbons (Fsp3) is 0.706. The first-order chi connectivity index (χ1) is 10.7. The van der Waals surface area contributed by atoms with Crippen LogP contribution in [0, 0.1) is 11.8 Å². The van der Waals surface area contributed by atoms with Crippen molar-refractivity contribution in [2.24, 2.45) is 11.8 Å². The summed E-state index contributed by atoms with van der Waals surface area (Å²) in [6, 6.07) is 1.73. The molecule has 0 aliphatic heterocycles. The van der Waals surface area contributed by atoms with Crippen LogP contribution in [-0.4, -0.2) is 34.7 Å². The first-order valence-corrected chi connectivity index (χ1v) is 9.85. The van der Waals surface area contributed by atoms with E-state index < -0.39 is 14.6 Å². The van der Waals surface area contributed by atoms with Crippen molar-refractivity contribution < 1.29 is 13.2 Å². The van der Waals surface area contributed by atoms with E-state index in [2.05, 4.69) is 9.97 Å². The predicted molar refractivity (Wildman–Crippen MR) is 89.7 cm³/mol. The van der Waals surface area contributed by atoms with Crippen LogP contribution in [0.25, 0.3) is 0 Å². The fourth-order valence-corrected chi connectivity index (χ4v) is 4.39. The maximum absolute atomic E-state index is 12.3. The van der Waals surface area contributed by atoms with Gasteiger partial charge in [0.1, 0.15) is 11.6 Å². The second-order valence-corrected chi connectivity index (χ2v) is 10.2. The Balaban J connectivity index is 1.85. The number of nitrogens with zero attached hydrogens (tertiary/aromatic N) is 2. The second kappa shape index (κ2) is 7.07. The zero-order valence-corrected chi connectivity index (χ0v) is 15.0. The first kappa shape index (κ1) is 18.0. The van der Waals surface area contributed by atoms with Crippen molar-refractivity contribution >= 4 is 15.6 Å². The minimum atomic E-state index is -3.09. The van der Waals surface area contributed by atoms with Gasteiger partial charge in [-0.1, -0.05) is 0 Å². The van der Waals surface area contributed by atoms with Gasteiger partial charge in [0.15, 0.2) is 9.84 Å². The Morgan fingerprint density at radius 2 is 1.70 bits per heavy atom. The van der Waals surface area contributed by atoms with Crippen molar-refractivity contribution in [2.45, 2.75) is 57.6 Å². The molecule has 0 N–H and O–H groups in total. The van der Waals surface area contributed by atoms with Crippen LogP contribution in [0.3, 0.4) is 0 Å². The number of hydrogen-bond acceptors (Lipinski definition) is 5. The van der Waals surface area contributed by atoms with Crippen molar-refractivity contribution in [3.05, 3.63) is 24.3 Å². The Labute approximate surface area is 138 Å². The van der Waals surface area contributed by atoms with E-state index in [0.29, 0.717) is 5.82 Å². The van der Waals surface area contributed by atoms with Gasteiger partial charge in [-0.05, 0) is 58.4 Å².